The SMILES string of the molecule is COc1cc2c(c(OC)c1OC)-c1ccc(N[C@@H](CC(C)C)C(=O)NCCc3c[nH]c4ccccc34)c(=O)cc1[C@H](NC(C)=O)CC2. The molecule has 1 aliphatic carbocycles. The number of anilines is 1. The zero-order chi connectivity index (χ0) is 33.7. The number of rotatable bonds is 12. The van der Waals surface area contributed by atoms with Gasteiger partial charge in [-0.15, -0.1) is 0 Å². The van der Waals surface area contributed by atoms with Crippen molar-refractivity contribution in [3.63, 3.8) is 0 Å². The molecule has 248 valence electrons. The molecule has 10 nitrogen and oxygen atoms in total. The average molecular weight is 641 g/mol. The van der Waals surface area contributed by atoms with Gasteiger partial charge >= 0.3 is 0 Å². The Morgan fingerprint density at radius 3 is 2.47 bits per heavy atom. The Labute approximate surface area is 275 Å². The number of carbonyl (C=O) groups is 2. The fraction of sp³-hybridized carbons (Fsp3) is 0.378. The van der Waals surface area contributed by atoms with Crippen LogP contribution in [0.3, 0.4) is 0 Å². The Balaban J connectivity index is 1.49. The molecule has 0 radical (unpaired) electrons. The number of aryl methyl sites for hydroxylation is 1. The summed E-state index contributed by atoms with van der Waals surface area (Å²) in [5, 5.41) is 10.5. The molecule has 5 rings (SSSR count). The zero-order valence-corrected chi connectivity index (χ0v) is 27.9. The van der Waals surface area contributed by atoms with Gasteiger partial charge in [-0.05, 0) is 78.1 Å². The fourth-order valence-corrected chi connectivity index (χ4v) is 6.50. The van der Waals surface area contributed by atoms with Crippen molar-refractivity contribution in [3.05, 3.63) is 81.6 Å². The second-order valence-corrected chi connectivity index (χ2v) is 12.3. The van der Waals surface area contributed by atoms with Crippen LogP contribution in [0, 0.1) is 5.92 Å². The molecule has 10 heteroatoms. The Morgan fingerprint density at radius 1 is 1.00 bits per heavy atom. The van der Waals surface area contributed by atoms with Crippen LogP contribution in [0.4, 0.5) is 5.69 Å². The van der Waals surface area contributed by atoms with Crippen molar-refractivity contribution in [2.45, 2.75) is 58.5 Å². The first-order chi connectivity index (χ1) is 22.6. The van der Waals surface area contributed by atoms with E-state index in [1.165, 1.54) is 6.92 Å². The molecule has 0 saturated carbocycles. The quantitative estimate of drug-likeness (QED) is 0.160. The molecular weight excluding hydrogens is 596 g/mol. The molecule has 0 bridgehead atoms. The van der Waals surface area contributed by atoms with Crippen LogP contribution in [0.25, 0.3) is 22.0 Å². The van der Waals surface area contributed by atoms with E-state index in [0.717, 1.165) is 33.2 Å². The molecule has 0 aliphatic heterocycles. The molecule has 1 heterocycles. The second kappa shape index (κ2) is 14.6. The normalized spacial score (nSPS) is 14.4. The second-order valence-electron chi connectivity index (χ2n) is 12.3. The summed E-state index contributed by atoms with van der Waals surface area (Å²) in [4.78, 5) is 43.0. The number of ether oxygens (including phenoxy) is 3. The monoisotopic (exact) mass is 640 g/mol. The number of fused-ring (bicyclic) bond motifs is 4. The van der Waals surface area contributed by atoms with Crippen LogP contribution in [-0.2, 0) is 22.4 Å². The lowest BCUT2D eigenvalue weighted by Gasteiger charge is -2.20. The van der Waals surface area contributed by atoms with E-state index in [1.807, 2.05) is 50.4 Å². The highest BCUT2D eigenvalue weighted by atomic mass is 16.5. The number of carbonyl (C=O) groups excluding carboxylic acids is 2. The number of methoxy groups -OCH3 is 3. The predicted octanol–water partition coefficient (Wildman–Crippen LogP) is 5.53. The first kappa shape index (κ1) is 33.4. The van der Waals surface area contributed by atoms with Gasteiger partial charge in [0.1, 0.15) is 6.04 Å². The van der Waals surface area contributed by atoms with Gasteiger partial charge in [0, 0.05) is 36.1 Å². The minimum atomic E-state index is -0.634. The number of H-pyrrole nitrogens is 1. The number of amides is 2. The van der Waals surface area contributed by atoms with Crippen LogP contribution in [0.5, 0.6) is 17.2 Å². The van der Waals surface area contributed by atoms with Crippen molar-refractivity contribution >= 4 is 28.4 Å². The van der Waals surface area contributed by atoms with Crippen molar-refractivity contribution in [3.8, 4) is 28.4 Å². The van der Waals surface area contributed by atoms with Crippen molar-refractivity contribution < 1.29 is 23.8 Å². The van der Waals surface area contributed by atoms with Crippen molar-refractivity contribution in [2.75, 3.05) is 33.2 Å². The Hall–Kier alpha value is -4.99. The first-order valence-electron chi connectivity index (χ1n) is 16.0. The van der Waals surface area contributed by atoms with E-state index in [9.17, 15) is 14.4 Å². The number of para-hydroxylation sites is 1. The van der Waals surface area contributed by atoms with Crippen molar-refractivity contribution in [1.29, 1.82) is 0 Å². The molecule has 0 spiro atoms. The standard InChI is InChI=1S/C37H44N4O6/c1-21(2)17-31(37(44)38-16-15-24-20-39-28-10-8-7-9-25(24)28)41-30-14-12-26-27(19-32(30)43)29(40-22(3)42)13-11-23-18-33(45-4)35(46-5)36(47-6)34(23)26/h7-10,12,14,18-21,29,31,39H,11,13,15-17H2,1-6H3,(H,38,44)(H,40,42)(H,41,43)/t29-,31+/m1/s1. The van der Waals surface area contributed by atoms with Gasteiger partial charge in [-0.3, -0.25) is 14.4 Å². The lowest BCUT2D eigenvalue weighted by Crippen LogP contribution is -2.42. The third kappa shape index (κ3) is 7.21. The average Bonchev–Trinajstić information content (AvgIpc) is 3.32. The van der Waals surface area contributed by atoms with Gasteiger partial charge in [-0.1, -0.05) is 38.1 Å². The van der Waals surface area contributed by atoms with Gasteiger partial charge in [0.05, 0.1) is 33.1 Å². The van der Waals surface area contributed by atoms with Gasteiger partial charge in [0.15, 0.2) is 11.5 Å². The summed E-state index contributed by atoms with van der Waals surface area (Å²) in [6.45, 7) is 6.01. The highest BCUT2D eigenvalue weighted by molar-refractivity contribution is 5.86. The molecule has 3 aromatic carbocycles. The molecule has 0 unspecified atom stereocenters. The number of nitrogens with one attached hydrogen (secondary N) is 4. The molecule has 2 atom stereocenters. The van der Waals surface area contributed by atoms with E-state index in [2.05, 4.69) is 27.0 Å². The van der Waals surface area contributed by atoms with Crippen molar-refractivity contribution in [1.82, 2.24) is 15.6 Å². The van der Waals surface area contributed by atoms with Crippen LogP contribution in [-0.4, -0.2) is 50.7 Å². The Kier molecular flexibility index (Phi) is 10.4. The minimum absolute atomic E-state index is 0.175. The first-order valence-corrected chi connectivity index (χ1v) is 16.0. The smallest absolute Gasteiger partial charge is 0.242 e. The number of aromatic amines is 1. The van der Waals surface area contributed by atoms with Gasteiger partial charge in [-0.25, -0.2) is 0 Å². The summed E-state index contributed by atoms with van der Waals surface area (Å²) in [5.41, 5.74) is 5.28. The lowest BCUT2D eigenvalue weighted by molar-refractivity contribution is -0.122. The summed E-state index contributed by atoms with van der Waals surface area (Å²) >= 11 is 0. The molecule has 1 aliphatic rings. The van der Waals surface area contributed by atoms with Crippen LogP contribution in [0.1, 0.15) is 56.3 Å². The summed E-state index contributed by atoms with van der Waals surface area (Å²) < 4.78 is 17.2. The summed E-state index contributed by atoms with van der Waals surface area (Å²) in [6.07, 6.45) is 4.33. The summed E-state index contributed by atoms with van der Waals surface area (Å²) in [7, 11) is 4.69. The molecule has 0 fully saturated rings. The van der Waals surface area contributed by atoms with Gasteiger partial charge in [0.2, 0.25) is 23.0 Å². The largest absolute Gasteiger partial charge is 0.493 e. The summed E-state index contributed by atoms with van der Waals surface area (Å²) in [6, 6.07) is 14.1. The van der Waals surface area contributed by atoms with E-state index in [4.69, 9.17) is 14.2 Å². The van der Waals surface area contributed by atoms with E-state index < -0.39 is 12.1 Å². The number of hydrogen-bond donors (Lipinski definition) is 4. The Bertz CT molecular complexity index is 1830. The highest BCUT2D eigenvalue weighted by Crippen LogP contribution is 2.50. The molecular formula is C37H44N4O6. The van der Waals surface area contributed by atoms with Gasteiger partial charge < -0.3 is 35.1 Å². The maximum absolute atomic E-state index is 13.9. The summed E-state index contributed by atoms with van der Waals surface area (Å²) in [5.74, 6) is 1.26. The number of hydrogen-bond acceptors (Lipinski definition) is 7. The Morgan fingerprint density at radius 2 is 1.77 bits per heavy atom. The van der Waals surface area contributed by atoms with E-state index in [0.29, 0.717) is 55.0 Å². The lowest BCUT2D eigenvalue weighted by atomic mass is 9.95. The van der Waals surface area contributed by atoms with Crippen LogP contribution in [0.2, 0.25) is 0 Å². The maximum atomic E-state index is 13.9. The van der Waals surface area contributed by atoms with Gasteiger partial charge in [0.25, 0.3) is 0 Å². The van der Waals surface area contributed by atoms with Crippen LogP contribution >= 0.6 is 0 Å². The molecule has 0 saturated heterocycles. The molecule has 4 aromatic rings. The topological polar surface area (TPSA) is 131 Å². The minimum Gasteiger partial charge on any atom is -0.493 e. The third-order valence-electron chi connectivity index (χ3n) is 8.64. The fourth-order valence-electron chi connectivity index (χ4n) is 6.50. The zero-order valence-electron chi connectivity index (χ0n) is 27.9. The molecule has 4 N–H and O–H groups in total. The predicted molar refractivity (Wildman–Crippen MR) is 185 cm³/mol. The molecule has 2 amide bonds. The van der Waals surface area contributed by atoms with Gasteiger partial charge in [-0.2, -0.15) is 0 Å². The van der Waals surface area contributed by atoms with Crippen LogP contribution < -0.4 is 35.6 Å². The van der Waals surface area contributed by atoms with Crippen molar-refractivity contribution in [2.24, 2.45) is 5.92 Å². The molecule has 1 aromatic heterocycles. The van der Waals surface area contributed by atoms with E-state index in [-0.39, 0.29) is 28.8 Å². The number of aromatic nitrogens is 1. The number of benzene rings is 2. The molecule has 47 heavy (non-hydrogen) atoms. The van der Waals surface area contributed by atoms with E-state index >= 15 is 0 Å². The highest BCUT2D eigenvalue weighted by Gasteiger charge is 2.30. The maximum Gasteiger partial charge on any atom is 0.242 e. The van der Waals surface area contributed by atoms with Crippen LogP contribution in [0.15, 0.2) is 59.5 Å². The third-order valence-corrected chi connectivity index (χ3v) is 8.64. The van der Waals surface area contributed by atoms with E-state index in [1.54, 1.807) is 33.5 Å².